The summed E-state index contributed by atoms with van der Waals surface area (Å²) in [5, 5.41) is 0. The molecule has 7 heteroatoms. The summed E-state index contributed by atoms with van der Waals surface area (Å²) in [6.45, 7) is 9.51. The average Bonchev–Trinajstić information content (AvgIpc) is 3.19. The van der Waals surface area contributed by atoms with Crippen LogP contribution < -0.4 is 0 Å². The summed E-state index contributed by atoms with van der Waals surface area (Å²) >= 11 is 0. The first-order valence-electron chi connectivity index (χ1n) is 10.1. The molecule has 1 spiro atoms. The number of carbonyl (C=O) groups excluding carboxylic acids is 1. The number of piperazine rings is 1. The summed E-state index contributed by atoms with van der Waals surface area (Å²) in [6.07, 6.45) is 2.18. The van der Waals surface area contributed by atoms with Crippen LogP contribution in [0.2, 0.25) is 0 Å². The van der Waals surface area contributed by atoms with Crippen LogP contribution in [0.15, 0.2) is 16.5 Å². The second-order valence-electron chi connectivity index (χ2n) is 8.26. The maximum Gasteiger partial charge on any atom is 0.289 e. The van der Waals surface area contributed by atoms with Crippen molar-refractivity contribution in [2.75, 3.05) is 66.1 Å². The molecule has 0 aromatic carbocycles. The van der Waals surface area contributed by atoms with Gasteiger partial charge in [-0.3, -0.25) is 9.69 Å². The third-order valence-corrected chi connectivity index (χ3v) is 5.98. The van der Waals surface area contributed by atoms with Crippen molar-refractivity contribution < 1.29 is 18.7 Å². The molecule has 2 unspecified atom stereocenters. The summed E-state index contributed by atoms with van der Waals surface area (Å²) in [7, 11) is 2.17. The molecule has 3 aliphatic rings. The third-order valence-electron chi connectivity index (χ3n) is 5.98. The lowest BCUT2D eigenvalue weighted by molar-refractivity contribution is -0.0916. The molecule has 0 bridgehead atoms. The van der Waals surface area contributed by atoms with Crippen molar-refractivity contribution in [3.63, 3.8) is 0 Å². The number of hydrogen-bond donors (Lipinski definition) is 0. The summed E-state index contributed by atoms with van der Waals surface area (Å²) in [5.41, 5.74) is -0.384. The zero-order valence-electron chi connectivity index (χ0n) is 16.5. The first-order chi connectivity index (χ1) is 13.0. The fourth-order valence-corrected chi connectivity index (χ4v) is 4.35. The third kappa shape index (κ3) is 4.37. The highest BCUT2D eigenvalue weighted by Crippen LogP contribution is 2.34. The van der Waals surface area contributed by atoms with Gasteiger partial charge in [-0.05, 0) is 38.9 Å². The van der Waals surface area contributed by atoms with Crippen LogP contribution >= 0.6 is 0 Å². The molecule has 4 heterocycles. The second kappa shape index (κ2) is 7.91. The molecule has 4 rings (SSSR count). The largest absolute Gasteiger partial charge is 0.456 e. The number of aryl methyl sites for hydroxylation is 1. The molecule has 1 aromatic rings. The van der Waals surface area contributed by atoms with E-state index in [0.29, 0.717) is 32.1 Å². The average molecular weight is 377 g/mol. The van der Waals surface area contributed by atoms with Crippen LogP contribution in [0.5, 0.6) is 0 Å². The Morgan fingerprint density at radius 1 is 1.22 bits per heavy atom. The van der Waals surface area contributed by atoms with Gasteiger partial charge in [0.05, 0.1) is 25.9 Å². The molecular formula is C20H31N3O4. The van der Waals surface area contributed by atoms with Crippen LogP contribution in [0.4, 0.5) is 0 Å². The Bertz CT molecular complexity index is 655. The number of furan rings is 1. The van der Waals surface area contributed by atoms with Gasteiger partial charge in [0, 0.05) is 39.3 Å². The number of ether oxygens (including phenoxy) is 2. The van der Waals surface area contributed by atoms with Crippen LogP contribution in [0.3, 0.4) is 0 Å². The molecule has 3 aliphatic heterocycles. The summed E-state index contributed by atoms with van der Waals surface area (Å²) in [6, 6.07) is 3.58. The first kappa shape index (κ1) is 18.9. The Hall–Kier alpha value is -1.41. The van der Waals surface area contributed by atoms with E-state index >= 15 is 0 Å². The lowest BCUT2D eigenvalue weighted by atomic mass is 10.00. The Labute approximate surface area is 161 Å². The second-order valence-corrected chi connectivity index (χ2v) is 8.26. The standard InChI is InChI=1S/C20H31N3O4/c1-16-3-4-18(26-16)19(24)23-11-12-25-15-20(14-23)6-5-17(27-20)13-22-9-7-21(2)8-10-22/h3-4,17H,5-15H2,1-2H3. The fourth-order valence-electron chi connectivity index (χ4n) is 4.35. The van der Waals surface area contributed by atoms with E-state index in [9.17, 15) is 4.79 Å². The predicted octanol–water partition coefficient (Wildman–Crippen LogP) is 1.23. The number of hydrogen-bond acceptors (Lipinski definition) is 6. The number of likely N-dealkylation sites (N-methyl/N-ethyl adjacent to an activating group) is 1. The van der Waals surface area contributed by atoms with E-state index in [4.69, 9.17) is 13.9 Å². The van der Waals surface area contributed by atoms with E-state index in [0.717, 1.165) is 51.3 Å². The maximum atomic E-state index is 12.8. The molecule has 2 atom stereocenters. The van der Waals surface area contributed by atoms with Crippen LogP contribution in [-0.2, 0) is 9.47 Å². The number of amides is 1. The Morgan fingerprint density at radius 2 is 2.04 bits per heavy atom. The van der Waals surface area contributed by atoms with Crippen molar-refractivity contribution in [3.8, 4) is 0 Å². The molecule has 1 aromatic heterocycles. The molecule has 7 nitrogen and oxygen atoms in total. The Morgan fingerprint density at radius 3 is 2.78 bits per heavy atom. The SMILES string of the molecule is Cc1ccc(C(=O)N2CCOCC3(CCC(CN4CCN(C)CC4)O3)C2)o1. The van der Waals surface area contributed by atoms with E-state index in [1.165, 1.54) is 0 Å². The van der Waals surface area contributed by atoms with E-state index < -0.39 is 0 Å². The van der Waals surface area contributed by atoms with Crippen molar-refractivity contribution in [1.29, 1.82) is 0 Å². The molecule has 0 radical (unpaired) electrons. The monoisotopic (exact) mass is 377 g/mol. The molecule has 0 N–H and O–H groups in total. The minimum absolute atomic E-state index is 0.0703. The highest BCUT2D eigenvalue weighted by molar-refractivity contribution is 5.91. The normalized spacial score (nSPS) is 30.7. The van der Waals surface area contributed by atoms with Crippen molar-refractivity contribution in [2.24, 2.45) is 0 Å². The van der Waals surface area contributed by atoms with Gasteiger partial charge in [-0.15, -0.1) is 0 Å². The topological polar surface area (TPSA) is 58.4 Å². The van der Waals surface area contributed by atoms with Crippen molar-refractivity contribution in [2.45, 2.75) is 31.5 Å². The van der Waals surface area contributed by atoms with Gasteiger partial charge < -0.3 is 23.7 Å². The van der Waals surface area contributed by atoms with Gasteiger partial charge >= 0.3 is 0 Å². The quantitative estimate of drug-likeness (QED) is 0.790. The molecule has 1 amide bonds. The van der Waals surface area contributed by atoms with Gasteiger partial charge in [0.1, 0.15) is 11.4 Å². The molecule has 0 saturated carbocycles. The van der Waals surface area contributed by atoms with Gasteiger partial charge in [-0.2, -0.15) is 0 Å². The predicted molar refractivity (Wildman–Crippen MR) is 101 cm³/mol. The van der Waals surface area contributed by atoms with Gasteiger partial charge in [0.25, 0.3) is 5.91 Å². The summed E-state index contributed by atoms with van der Waals surface area (Å²) in [4.78, 5) is 19.5. The zero-order valence-corrected chi connectivity index (χ0v) is 16.5. The summed E-state index contributed by atoms with van der Waals surface area (Å²) < 4.78 is 17.9. The van der Waals surface area contributed by atoms with Crippen LogP contribution in [0, 0.1) is 6.92 Å². The highest BCUT2D eigenvalue weighted by Gasteiger charge is 2.44. The van der Waals surface area contributed by atoms with Crippen LogP contribution in [0.25, 0.3) is 0 Å². The van der Waals surface area contributed by atoms with Crippen molar-refractivity contribution in [1.82, 2.24) is 14.7 Å². The van der Waals surface area contributed by atoms with Crippen molar-refractivity contribution >= 4 is 5.91 Å². The Kier molecular flexibility index (Phi) is 5.55. The molecule has 150 valence electrons. The van der Waals surface area contributed by atoms with E-state index in [-0.39, 0.29) is 17.6 Å². The summed E-state index contributed by atoms with van der Waals surface area (Å²) in [5.74, 6) is 1.08. The lowest BCUT2D eigenvalue weighted by Gasteiger charge is -2.35. The molecule has 0 aliphatic carbocycles. The molecule has 3 saturated heterocycles. The number of nitrogens with zero attached hydrogens (tertiary/aromatic N) is 3. The lowest BCUT2D eigenvalue weighted by Crippen LogP contribution is -2.49. The van der Waals surface area contributed by atoms with Gasteiger partial charge in [0.15, 0.2) is 5.76 Å². The van der Waals surface area contributed by atoms with Gasteiger partial charge in [-0.1, -0.05) is 0 Å². The minimum atomic E-state index is -0.384. The van der Waals surface area contributed by atoms with Crippen LogP contribution in [0.1, 0.15) is 29.2 Å². The smallest absolute Gasteiger partial charge is 0.289 e. The number of carbonyl (C=O) groups is 1. The maximum absolute atomic E-state index is 12.8. The number of rotatable bonds is 3. The van der Waals surface area contributed by atoms with Gasteiger partial charge in [-0.25, -0.2) is 0 Å². The van der Waals surface area contributed by atoms with E-state index in [1.807, 2.05) is 17.9 Å². The first-order valence-corrected chi connectivity index (χ1v) is 10.1. The zero-order chi connectivity index (χ0) is 18.9. The molecule has 27 heavy (non-hydrogen) atoms. The molecule has 3 fully saturated rings. The van der Waals surface area contributed by atoms with Crippen LogP contribution in [-0.4, -0.2) is 98.4 Å². The van der Waals surface area contributed by atoms with Gasteiger partial charge in [0.2, 0.25) is 0 Å². The van der Waals surface area contributed by atoms with E-state index in [1.54, 1.807) is 6.07 Å². The molecular weight excluding hydrogens is 346 g/mol. The highest BCUT2D eigenvalue weighted by atomic mass is 16.6. The fraction of sp³-hybridized carbons (Fsp3) is 0.750. The van der Waals surface area contributed by atoms with Crippen molar-refractivity contribution in [3.05, 3.63) is 23.7 Å². The van der Waals surface area contributed by atoms with E-state index in [2.05, 4.69) is 16.8 Å². The Balaban J connectivity index is 1.38. The minimum Gasteiger partial charge on any atom is -0.456 e.